The van der Waals surface area contributed by atoms with Crippen LogP contribution in [-0.4, -0.2) is 49.9 Å². The molecule has 0 aromatic heterocycles. The molecule has 0 spiro atoms. The summed E-state index contributed by atoms with van der Waals surface area (Å²) in [5.74, 6) is -0.0714. The maximum absolute atomic E-state index is 10.4. The first-order chi connectivity index (χ1) is 15.0. The van der Waals surface area contributed by atoms with Gasteiger partial charge in [0.05, 0.1) is 49.7 Å². The van der Waals surface area contributed by atoms with E-state index >= 15 is 0 Å². The van der Waals surface area contributed by atoms with Crippen molar-refractivity contribution in [2.75, 3.05) is 27.4 Å². The van der Waals surface area contributed by atoms with Crippen LogP contribution in [-0.2, 0) is 21.7 Å². The number of benzene rings is 2. The Bertz CT molecular complexity index is 923. The summed E-state index contributed by atoms with van der Waals surface area (Å²) in [6.45, 7) is 2.01. The van der Waals surface area contributed by atoms with Crippen LogP contribution >= 0.6 is 0 Å². The lowest BCUT2D eigenvalue weighted by Gasteiger charge is -2.42. The zero-order valence-electron chi connectivity index (χ0n) is 18.1. The SMILES string of the molecule is CCOc1cc(C#N)c(Cc2ccc(OC)cc2)cc1C1(OC)CC(O)CC(CO)O1. The molecule has 3 rings (SSSR count). The van der Waals surface area contributed by atoms with E-state index in [1.807, 2.05) is 37.3 Å². The number of aliphatic hydroxyl groups excluding tert-OH is 2. The Kier molecular flexibility index (Phi) is 7.52. The Morgan fingerprint density at radius 1 is 1.23 bits per heavy atom. The van der Waals surface area contributed by atoms with Gasteiger partial charge in [-0.15, -0.1) is 0 Å². The van der Waals surface area contributed by atoms with Gasteiger partial charge in [0.25, 0.3) is 0 Å². The number of rotatable bonds is 8. The van der Waals surface area contributed by atoms with Gasteiger partial charge < -0.3 is 29.2 Å². The van der Waals surface area contributed by atoms with Crippen molar-refractivity contribution in [2.45, 2.75) is 44.2 Å². The summed E-state index contributed by atoms with van der Waals surface area (Å²) in [6, 6.07) is 13.4. The number of ether oxygens (including phenoxy) is 4. The van der Waals surface area contributed by atoms with Crippen molar-refractivity contribution in [1.29, 1.82) is 5.26 Å². The van der Waals surface area contributed by atoms with Crippen LogP contribution in [0.4, 0.5) is 0 Å². The van der Waals surface area contributed by atoms with Crippen LogP contribution in [0.1, 0.15) is 42.0 Å². The van der Waals surface area contributed by atoms with Crippen LogP contribution in [0, 0.1) is 11.3 Å². The molecule has 1 saturated heterocycles. The van der Waals surface area contributed by atoms with Crippen molar-refractivity contribution >= 4 is 0 Å². The number of hydrogen-bond donors (Lipinski definition) is 2. The summed E-state index contributed by atoms with van der Waals surface area (Å²) < 4.78 is 22.9. The summed E-state index contributed by atoms with van der Waals surface area (Å²) in [4.78, 5) is 0. The van der Waals surface area contributed by atoms with Crippen LogP contribution in [0.15, 0.2) is 36.4 Å². The molecule has 7 nitrogen and oxygen atoms in total. The molecular formula is C24H29NO6. The molecule has 1 fully saturated rings. The second kappa shape index (κ2) is 10.1. The maximum Gasteiger partial charge on any atom is 0.201 e. The van der Waals surface area contributed by atoms with Crippen LogP contribution in [0.3, 0.4) is 0 Å². The smallest absolute Gasteiger partial charge is 0.201 e. The number of nitrogens with zero attached hydrogens (tertiary/aromatic N) is 1. The topological polar surface area (TPSA) is 101 Å². The number of hydrogen-bond acceptors (Lipinski definition) is 7. The second-order valence-corrected chi connectivity index (χ2v) is 7.55. The van der Waals surface area contributed by atoms with Gasteiger partial charge in [-0.1, -0.05) is 12.1 Å². The van der Waals surface area contributed by atoms with E-state index in [0.717, 1.165) is 16.9 Å². The normalized spacial score (nSPS) is 23.2. The van der Waals surface area contributed by atoms with Crippen molar-refractivity contribution in [3.8, 4) is 17.6 Å². The molecule has 166 valence electrons. The third-order valence-electron chi connectivity index (χ3n) is 5.52. The number of nitriles is 1. The monoisotopic (exact) mass is 427 g/mol. The predicted octanol–water partition coefficient (Wildman–Crippen LogP) is 2.89. The van der Waals surface area contributed by atoms with Gasteiger partial charge in [0.2, 0.25) is 5.79 Å². The summed E-state index contributed by atoms with van der Waals surface area (Å²) in [5, 5.41) is 29.8. The van der Waals surface area contributed by atoms with E-state index in [-0.39, 0.29) is 13.0 Å². The predicted molar refractivity (Wildman–Crippen MR) is 114 cm³/mol. The van der Waals surface area contributed by atoms with Crippen molar-refractivity contribution in [3.05, 3.63) is 58.7 Å². The van der Waals surface area contributed by atoms with Crippen LogP contribution in [0.25, 0.3) is 0 Å². The highest BCUT2D eigenvalue weighted by molar-refractivity contribution is 5.51. The van der Waals surface area contributed by atoms with E-state index in [9.17, 15) is 15.5 Å². The summed E-state index contributed by atoms with van der Waals surface area (Å²) in [5.41, 5.74) is 2.88. The van der Waals surface area contributed by atoms with Gasteiger partial charge >= 0.3 is 0 Å². The van der Waals surface area contributed by atoms with E-state index < -0.39 is 18.0 Å². The fraction of sp³-hybridized carbons (Fsp3) is 0.458. The summed E-state index contributed by atoms with van der Waals surface area (Å²) >= 11 is 0. The third kappa shape index (κ3) is 5.00. The molecule has 1 heterocycles. The highest BCUT2D eigenvalue weighted by Crippen LogP contribution is 2.44. The standard InChI is InChI=1S/C24H29NO6/c1-4-30-23-11-18(14-25)17(9-16-5-7-20(28-2)8-6-16)10-22(23)24(29-3)13-19(27)12-21(15-26)31-24/h5-8,10-11,19,21,26-27H,4,9,12-13,15H2,1-3H3. The third-order valence-corrected chi connectivity index (χ3v) is 5.52. The lowest BCUT2D eigenvalue weighted by Crippen LogP contribution is -2.46. The van der Waals surface area contributed by atoms with Crippen molar-refractivity contribution < 1.29 is 29.2 Å². The zero-order valence-corrected chi connectivity index (χ0v) is 18.1. The highest BCUT2D eigenvalue weighted by atomic mass is 16.7. The Hall–Kier alpha value is -2.63. The average Bonchev–Trinajstić information content (AvgIpc) is 2.79. The number of aliphatic hydroxyl groups is 2. The fourth-order valence-electron chi connectivity index (χ4n) is 4.00. The van der Waals surface area contributed by atoms with Crippen LogP contribution < -0.4 is 9.47 Å². The molecule has 1 aliphatic rings. The van der Waals surface area contributed by atoms with Crippen molar-refractivity contribution in [1.82, 2.24) is 0 Å². The maximum atomic E-state index is 10.4. The summed E-state index contributed by atoms with van der Waals surface area (Å²) in [6.07, 6.45) is -0.257. The lowest BCUT2D eigenvalue weighted by atomic mass is 9.88. The molecule has 3 atom stereocenters. The molecular weight excluding hydrogens is 398 g/mol. The molecule has 0 bridgehead atoms. The Labute approximate surface area is 182 Å². The van der Waals surface area contributed by atoms with Gasteiger partial charge in [-0.3, -0.25) is 0 Å². The van der Waals surface area contributed by atoms with Gasteiger partial charge in [-0.2, -0.15) is 5.26 Å². The van der Waals surface area contributed by atoms with Crippen molar-refractivity contribution in [3.63, 3.8) is 0 Å². The first kappa shape index (κ1) is 23.0. The zero-order chi connectivity index (χ0) is 22.4. The lowest BCUT2D eigenvalue weighted by molar-refractivity contribution is -0.299. The molecule has 31 heavy (non-hydrogen) atoms. The molecule has 7 heteroatoms. The molecule has 0 aliphatic carbocycles. The van der Waals surface area contributed by atoms with Crippen LogP contribution in [0.5, 0.6) is 11.5 Å². The molecule has 2 N–H and O–H groups in total. The minimum absolute atomic E-state index is 0.188. The van der Waals surface area contributed by atoms with Gasteiger partial charge in [0.15, 0.2) is 0 Å². The fourth-order valence-corrected chi connectivity index (χ4v) is 4.00. The molecule has 0 saturated carbocycles. The van der Waals surface area contributed by atoms with Crippen molar-refractivity contribution in [2.24, 2.45) is 0 Å². The quantitative estimate of drug-likeness (QED) is 0.668. The van der Waals surface area contributed by atoms with Gasteiger partial charge in [0, 0.05) is 20.0 Å². The second-order valence-electron chi connectivity index (χ2n) is 7.55. The minimum atomic E-state index is -1.29. The largest absolute Gasteiger partial charge is 0.497 e. The Morgan fingerprint density at radius 2 is 1.97 bits per heavy atom. The van der Waals surface area contributed by atoms with Gasteiger partial charge in [0.1, 0.15) is 11.5 Å². The summed E-state index contributed by atoms with van der Waals surface area (Å²) in [7, 11) is 3.12. The van der Waals surface area contributed by atoms with Crippen LogP contribution in [0.2, 0.25) is 0 Å². The molecule has 0 radical (unpaired) electrons. The first-order valence-electron chi connectivity index (χ1n) is 10.3. The van der Waals surface area contributed by atoms with Gasteiger partial charge in [-0.25, -0.2) is 0 Å². The Morgan fingerprint density at radius 3 is 2.55 bits per heavy atom. The first-order valence-corrected chi connectivity index (χ1v) is 10.3. The van der Waals surface area contributed by atoms with E-state index in [4.69, 9.17) is 18.9 Å². The molecule has 2 aromatic carbocycles. The molecule has 2 aromatic rings. The Balaban J connectivity index is 2.08. The highest BCUT2D eigenvalue weighted by Gasteiger charge is 2.45. The number of methoxy groups -OCH3 is 2. The van der Waals surface area contributed by atoms with E-state index in [1.165, 1.54) is 7.11 Å². The van der Waals surface area contributed by atoms with Gasteiger partial charge in [-0.05, 0) is 48.7 Å². The van der Waals surface area contributed by atoms with E-state index in [1.54, 1.807) is 13.2 Å². The molecule has 1 aliphatic heterocycles. The average molecular weight is 427 g/mol. The van der Waals surface area contributed by atoms with E-state index in [0.29, 0.717) is 36.3 Å². The molecule has 0 amide bonds. The van der Waals surface area contributed by atoms with E-state index in [2.05, 4.69) is 6.07 Å². The molecule has 3 unspecified atom stereocenters. The minimum Gasteiger partial charge on any atom is -0.497 e.